The van der Waals surface area contributed by atoms with Gasteiger partial charge in [-0.05, 0) is 31.1 Å². The van der Waals surface area contributed by atoms with Crippen molar-refractivity contribution in [1.29, 1.82) is 0 Å². The van der Waals surface area contributed by atoms with Crippen LogP contribution in [0.15, 0.2) is 0 Å². The number of nitrogens with zero attached hydrogens (tertiary/aromatic N) is 1. The van der Waals surface area contributed by atoms with Gasteiger partial charge in [-0.15, -0.1) is 0 Å². The van der Waals surface area contributed by atoms with Gasteiger partial charge in [0.1, 0.15) is 0 Å². The lowest BCUT2D eigenvalue weighted by atomic mass is 9.89. The summed E-state index contributed by atoms with van der Waals surface area (Å²) < 4.78 is 0. The molecule has 1 rings (SSSR count). The molecule has 0 aromatic heterocycles. The van der Waals surface area contributed by atoms with Crippen LogP contribution in [0.3, 0.4) is 0 Å². The van der Waals surface area contributed by atoms with Crippen LogP contribution in [0.25, 0.3) is 0 Å². The van der Waals surface area contributed by atoms with Crippen molar-refractivity contribution in [3.05, 3.63) is 0 Å². The third kappa shape index (κ3) is 2.50. The zero-order chi connectivity index (χ0) is 8.97. The molecule has 0 radical (unpaired) electrons. The number of carbonyl (C=O) groups is 1. The Morgan fingerprint density at radius 2 is 2.08 bits per heavy atom. The minimum atomic E-state index is 0.775. The topological polar surface area (TPSA) is 20.3 Å². The number of amides is 1. The van der Waals surface area contributed by atoms with Crippen LogP contribution in [0.4, 0.5) is 0 Å². The highest BCUT2D eigenvalue weighted by molar-refractivity contribution is 5.46. The highest BCUT2D eigenvalue weighted by Gasteiger charge is 2.18. The van der Waals surface area contributed by atoms with Gasteiger partial charge in [-0.25, -0.2) is 0 Å². The molecule has 1 aliphatic rings. The van der Waals surface area contributed by atoms with Gasteiger partial charge in [-0.1, -0.05) is 13.8 Å². The molecule has 0 aromatic carbocycles. The number of hydrogen-bond acceptors (Lipinski definition) is 1. The molecule has 1 saturated heterocycles. The van der Waals surface area contributed by atoms with Crippen molar-refractivity contribution < 1.29 is 4.79 Å². The van der Waals surface area contributed by atoms with E-state index in [1.807, 2.05) is 4.90 Å². The number of likely N-dealkylation sites (tertiary alicyclic amines) is 1. The average molecular weight is 169 g/mol. The Morgan fingerprint density at radius 1 is 1.33 bits per heavy atom. The maximum Gasteiger partial charge on any atom is 0.209 e. The second kappa shape index (κ2) is 4.48. The van der Waals surface area contributed by atoms with Crippen LogP contribution >= 0.6 is 0 Å². The van der Waals surface area contributed by atoms with Crippen molar-refractivity contribution in [2.24, 2.45) is 11.8 Å². The molecule has 0 aliphatic carbocycles. The fourth-order valence-electron chi connectivity index (χ4n) is 1.92. The summed E-state index contributed by atoms with van der Waals surface area (Å²) in [4.78, 5) is 12.4. The second-order valence-corrected chi connectivity index (χ2v) is 4.08. The van der Waals surface area contributed by atoms with Crippen molar-refractivity contribution in [3.63, 3.8) is 0 Å². The summed E-state index contributed by atoms with van der Waals surface area (Å²) in [6.45, 7) is 6.49. The molecule has 0 bridgehead atoms. The Hall–Kier alpha value is -0.530. The monoisotopic (exact) mass is 169 g/mol. The SMILES string of the molecule is CC(C)C1CCCN(C=O)CC1. The molecule has 1 fully saturated rings. The van der Waals surface area contributed by atoms with Crippen molar-refractivity contribution in [3.8, 4) is 0 Å². The molecular formula is C10H19NO. The van der Waals surface area contributed by atoms with Gasteiger partial charge in [0.15, 0.2) is 0 Å². The fourth-order valence-corrected chi connectivity index (χ4v) is 1.92. The zero-order valence-electron chi connectivity index (χ0n) is 8.12. The van der Waals surface area contributed by atoms with Crippen LogP contribution in [-0.2, 0) is 4.79 Å². The smallest absolute Gasteiger partial charge is 0.209 e. The van der Waals surface area contributed by atoms with E-state index in [1.165, 1.54) is 19.3 Å². The summed E-state index contributed by atoms with van der Waals surface area (Å²) in [5, 5.41) is 0. The molecule has 2 heteroatoms. The normalized spacial score (nSPS) is 25.6. The van der Waals surface area contributed by atoms with E-state index in [9.17, 15) is 4.79 Å². The number of carbonyl (C=O) groups excluding carboxylic acids is 1. The average Bonchev–Trinajstić information content (AvgIpc) is 2.28. The lowest BCUT2D eigenvalue weighted by Crippen LogP contribution is -2.22. The number of rotatable bonds is 2. The lowest BCUT2D eigenvalue weighted by molar-refractivity contribution is -0.118. The lowest BCUT2D eigenvalue weighted by Gasteiger charge is -2.18. The summed E-state index contributed by atoms with van der Waals surface area (Å²) in [6.07, 6.45) is 4.66. The molecule has 1 heterocycles. The summed E-state index contributed by atoms with van der Waals surface area (Å²) in [6, 6.07) is 0. The Morgan fingerprint density at radius 3 is 2.67 bits per heavy atom. The predicted octanol–water partition coefficient (Wildman–Crippen LogP) is 1.90. The van der Waals surface area contributed by atoms with Crippen LogP contribution < -0.4 is 0 Å². The van der Waals surface area contributed by atoms with Gasteiger partial charge in [0, 0.05) is 13.1 Å². The van der Waals surface area contributed by atoms with Gasteiger partial charge in [-0.2, -0.15) is 0 Å². The quantitative estimate of drug-likeness (QED) is 0.578. The predicted molar refractivity (Wildman–Crippen MR) is 49.8 cm³/mol. The van der Waals surface area contributed by atoms with E-state index in [0.717, 1.165) is 31.3 Å². The first-order valence-electron chi connectivity index (χ1n) is 4.93. The summed E-state index contributed by atoms with van der Waals surface area (Å²) in [5.74, 6) is 1.60. The van der Waals surface area contributed by atoms with E-state index in [0.29, 0.717) is 0 Å². The van der Waals surface area contributed by atoms with E-state index in [1.54, 1.807) is 0 Å². The third-order valence-corrected chi connectivity index (χ3v) is 2.90. The molecule has 2 nitrogen and oxygen atoms in total. The van der Waals surface area contributed by atoms with Gasteiger partial charge in [-0.3, -0.25) is 4.79 Å². The van der Waals surface area contributed by atoms with Crippen LogP contribution in [0, 0.1) is 11.8 Å². The minimum absolute atomic E-state index is 0.775. The molecule has 1 amide bonds. The van der Waals surface area contributed by atoms with E-state index < -0.39 is 0 Å². The van der Waals surface area contributed by atoms with Crippen LogP contribution in [0.5, 0.6) is 0 Å². The van der Waals surface area contributed by atoms with Crippen LogP contribution in [0.2, 0.25) is 0 Å². The van der Waals surface area contributed by atoms with Crippen LogP contribution in [-0.4, -0.2) is 24.4 Å². The molecular weight excluding hydrogens is 150 g/mol. The van der Waals surface area contributed by atoms with Crippen molar-refractivity contribution in [2.75, 3.05) is 13.1 Å². The van der Waals surface area contributed by atoms with Crippen molar-refractivity contribution in [2.45, 2.75) is 33.1 Å². The van der Waals surface area contributed by atoms with Gasteiger partial charge < -0.3 is 4.90 Å². The molecule has 1 atom stereocenters. The molecule has 12 heavy (non-hydrogen) atoms. The minimum Gasteiger partial charge on any atom is -0.345 e. The summed E-state index contributed by atoms with van der Waals surface area (Å²) in [7, 11) is 0. The molecule has 0 saturated carbocycles. The first-order chi connectivity index (χ1) is 5.74. The maximum atomic E-state index is 10.5. The largest absolute Gasteiger partial charge is 0.345 e. The van der Waals surface area contributed by atoms with Gasteiger partial charge in [0.05, 0.1) is 0 Å². The highest BCUT2D eigenvalue weighted by atomic mass is 16.1. The second-order valence-electron chi connectivity index (χ2n) is 4.08. The molecule has 0 spiro atoms. The van der Waals surface area contributed by atoms with Crippen molar-refractivity contribution in [1.82, 2.24) is 4.90 Å². The van der Waals surface area contributed by atoms with E-state index in [-0.39, 0.29) is 0 Å². The standard InChI is InChI=1S/C10H19NO/c1-9(2)10-4-3-6-11(8-12)7-5-10/h8-10H,3-7H2,1-2H3. The van der Waals surface area contributed by atoms with Gasteiger partial charge in [0.25, 0.3) is 0 Å². The Labute approximate surface area is 74.9 Å². The van der Waals surface area contributed by atoms with Crippen molar-refractivity contribution >= 4 is 6.41 Å². The van der Waals surface area contributed by atoms with Gasteiger partial charge >= 0.3 is 0 Å². The third-order valence-electron chi connectivity index (χ3n) is 2.90. The Balaban J connectivity index is 2.38. The molecule has 70 valence electrons. The molecule has 0 N–H and O–H groups in total. The summed E-state index contributed by atoms with van der Waals surface area (Å²) in [5.41, 5.74) is 0. The van der Waals surface area contributed by atoms with E-state index in [2.05, 4.69) is 13.8 Å². The van der Waals surface area contributed by atoms with E-state index >= 15 is 0 Å². The molecule has 1 unspecified atom stereocenters. The first-order valence-corrected chi connectivity index (χ1v) is 4.93. The van der Waals surface area contributed by atoms with Gasteiger partial charge in [0.2, 0.25) is 6.41 Å². The Kier molecular flexibility index (Phi) is 3.57. The summed E-state index contributed by atoms with van der Waals surface area (Å²) >= 11 is 0. The maximum absolute atomic E-state index is 10.5. The molecule has 1 aliphatic heterocycles. The number of hydrogen-bond donors (Lipinski definition) is 0. The highest BCUT2D eigenvalue weighted by Crippen LogP contribution is 2.23. The first kappa shape index (κ1) is 9.56. The van der Waals surface area contributed by atoms with E-state index in [4.69, 9.17) is 0 Å². The van der Waals surface area contributed by atoms with Crippen LogP contribution in [0.1, 0.15) is 33.1 Å². The molecule has 0 aromatic rings. The fraction of sp³-hybridized carbons (Fsp3) is 0.900. The Bertz CT molecular complexity index is 145. The zero-order valence-corrected chi connectivity index (χ0v) is 8.12.